The highest BCUT2D eigenvalue weighted by Crippen LogP contribution is 2.32. The molecule has 116 valence electrons. The van der Waals surface area contributed by atoms with Gasteiger partial charge in [-0.2, -0.15) is 25.9 Å². The van der Waals surface area contributed by atoms with E-state index in [0.29, 0.717) is 0 Å². The van der Waals surface area contributed by atoms with Gasteiger partial charge in [0.05, 0.1) is 5.69 Å². The Morgan fingerprint density at radius 3 is 1.77 bits per heavy atom. The van der Waals surface area contributed by atoms with Crippen LogP contribution in [0.3, 0.4) is 0 Å². The molecule has 2 aromatic carbocycles. The van der Waals surface area contributed by atoms with Crippen LogP contribution in [-0.2, 0) is 10.0 Å². The van der Waals surface area contributed by atoms with Gasteiger partial charge in [-0.3, -0.25) is 4.79 Å². The van der Waals surface area contributed by atoms with Crippen molar-refractivity contribution in [2.24, 2.45) is 0 Å². The van der Waals surface area contributed by atoms with Crippen LogP contribution in [0.4, 0.5) is 18.9 Å². The number of carbonyl (C=O) groups excluding carboxylic acids is 1. The normalized spacial score (nSPS) is 12.0. The van der Waals surface area contributed by atoms with Crippen LogP contribution in [0.15, 0.2) is 60.7 Å². The number of para-hydroxylation sites is 1. The molecule has 0 fully saturated rings. The summed E-state index contributed by atoms with van der Waals surface area (Å²) in [7, 11) is -5.86. The number of rotatable bonds is 3. The number of hydrogen-bond donors (Lipinski definition) is 0. The summed E-state index contributed by atoms with van der Waals surface area (Å²) in [5, 5.41) is 0. The molecule has 2 aromatic rings. The first-order valence-electron chi connectivity index (χ1n) is 6.01. The van der Waals surface area contributed by atoms with Crippen molar-refractivity contribution in [3.8, 4) is 0 Å². The zero-order valence-electron chi connectivity index (χ0n) is 11.0. The van der Waals surface area contributed by atoms with Gasteiger partial charge in [0.25, 0.3) is 5.91 Å². The average molecular weight is 329 g/mol. The maximum absolute atomic E-state index is 12.9. The summed E-state index contributed by atoms with van der Waals surface area (Å²) < 4.78 is 61.9. The van der Waals surface area contributed by atoms with Gasteiger partial charge in [0.2, 0.25) is 0 Å². The molecular formula is C14H10F3NO3S. The molecule has 0 bridgehead atoms. The molecule has 1 amide bonds. The van der Waals surface area contributed by atoms with Crippen LogP contribution >= 0.6 is 0 Å². The molecule has 8 heteroatoms. The molecule has 0 N–H and O–H groups in total. The largest absolute Gasteiger partial charge is 0.517 e. The molecule has 22 heavy (non-hydrogen) atoms. The van der Waals surface area contributed by atoms with Crippen LogP contribution in [0.5, 0.6) is 0 Å². The number of alkyl halides is 3. The highest BCUT2D eigenvalue weighted by molar-refractivity contribution is 7.94. The second kappa shape index (κ2) is 5.80. The Hall–Kier alpha value is -2.35. The Labute approximate surface area is 124 Å². The van der Waals surface area contributed by atoms with E-state index >= 15 is 0 Å². The summed E-state index contributed by atoms with van der Waals surface area (Å²) in [5.74, 6) is -1.27. The van der Waals surface area contributed by atoms with Gasteiger partial charge in [-0.25, -0.2) is 0 Å². The zero-order valence-corrected chi connectivity index (χ0v) is 11.8. The number of carbonyl (C=O) groups is 1. The first kappa shape index (κ1) is 16.0. The average Bonchev–Trinajstić information content (AvgIpc) is 2.48. The molecule has 0 aliphatic carbocycles. The van der Waals surface area contributed by atoms with Crippen molar-refractivity contribution < 1.29 is 26.4 Å². The number of anilines is 1. The number of amides is 1. The molecule has 0 unspecified atom stereocenters. The van der Waals surface area contributed by atoms with Crippen molar-refractivity contribution >= 4 is 21.6 Å². The standard InChI is InChI=1S/C14H10F3NO3S/c15-14(16,17)22(20,21)18(12-9-5-2-6-10-12)13(19)11-7-3-1-4-8-11/h1-10H. The zero-order chi connectivity index (χ0) is 16.4. The van der Waals surface area contributed by atoms with Crippen molar-refractivity contribution in [3.63, 3.8) is 0 Å². The lowest BCUT2D eigenvalue weighted by molar-refractivity contribution is -0.0437. The van der Waals surface area contributed by atoms with E-state index in [4.69, 9.17) is 0 Å². The second-order valence-corrected chi connectivity index (χ2v) is 6.00. The Morgan fingerprint density at radius 1 is 0.864 bits per heavy atom. The third-order valence-electron chi connectivity index (χ3n) is 2.73. The predicted octanol–water partition coefficient (Wildman–Crippen LogP) is 3.18. The molecule has 0 aliphatic heterocycles. The Morgan fingerprint density at radius 2 is 1.32 bits per heavy atom. The molecule has 0 saturated heterocycles. The first-order valence-corrected chi connectivity index (χ1v) is 7.45. The molecule has 0 atom stereocenters. The van der Waals surface area contributed by atoms with E-state index in [9.17, 15) is 26.4 Å². The lowest BCUT2D eigenvalue weighted by Crippen LogP contribution is -2.44. The SMILES string of the molecule is O=C(c1ccccc1)N(c1ccccc1)S(=O)(=O)C(F)(F)F. The Balaban J connectivity index is 2.60. The summed E-state index contributed by atoms with van der Waals surface area (Å²) in [6.45, 7) is 0. The minimum absolute atomic E-state index is 0.167. The molecule has 0 radical (unpaired) electrons. The predicted molar refractivity (Wildman–Crippen MR) is 74.7 cm³/mol. The van der Waals surface area contributed by atoms with Crippen molar-refractivity contribution in [3.05, 3.63) is 66.2 Å². The smallest absolute Gasteiger partial charge is 0.268 e. The minimum Gasteiger partial charge on any atom is -0.268 e. The highest BCUT2D eigenvalue weighted by atomic mass is 32.2. The molecule has 0 aromatic heterocycles. The third kappa shape index (κ3) is 2.96. The lowest BCUT2D eigenvalue weighted by atomic mass is 10.2. The molecule has 0 saturated carbocycles. The van der Waals surface area contributed by atoms with Gasteiger partial charge in [-0.1, -0.05) is 36.4 Å². The summed E-state index contributed by atoms with van der Waals surface area (Å²) in [4.78, 5) is 12.3. The maximum atomic E-state index is 12.9. The molecule has 0 spiro atoms. The van der Waals surface area contributed by atoms with E-state index < -0.39 is 21.4 Å². The van der Waals surface area contributed by atoms with Crippen molar-refractivity contribution in [1.29, 1.82) is 0 Å². The van der Waals surface area contributed by atoms with Gasteiger partial charge in [0.1, 0.15) is 0 Å². The Bertz CT molecular complexity index is 759. The van der Waals surface area contributed by atoms with Crippen LogP contribution in [-0.4, -0.2) is 19.8 Å². The molecular weight excluding hydrogens is 319 g/mol. The monoisotopic (exact) mass is 329 g/mol. The van der Waals surface area contributed by atoms with Gasteiger partial charge >= 0.3 is 15.5 Å². The maximum Gasteiger partial charge on any atom is 0.517 e. The molecule has 0 aliphatic rings. The van der Waals surface area contributed by atoms with Crippen LogP contribution in [0, 0.1) is 0 Å². The van der Waals surface area contributed by atoms with Crippen LogP contribution < -0.4 is 4.31 Å². The number of sulfonamides is 1. The fourth-order valence-electron chi connectivity index (χ4n) is 1.73. The van der Waals surface area contributed by atoms with E-state index in [1.807, 2.05) is 0 Å². The van der Waals surface area contributed by atoms with E-state index in [0.717, 1.165) is 12.1 Å². The van der Waals surface area contributed by atoms with Gasteiger partial charge in [-0.15, -0.1) is 0 Å². The summed E-state index contributed by atoms with van der Waals surface area (Å²) >= 11 is 0. The van der Waals surface area contributed by atoms with Gasteiger partial charge < -0.3 is 0 Å². The van der Waals surface area contributed by atoms with Crippen molar-refractivity contribution in [2.75, 3.05) is 4.31 Å². The van der Waals surface area contributed by atoms with Gasteiger partial charge in [0.15, 0.2) is 0 Å². The minimum atomic E-state index is -5.86. The number of benzene rings is 2. The van der Waals surface area contributed by atoms with E-state index in [1.165, 1.54) is 42.5 Å². The fourth-order valence-corrected chi connectivity index (χ4v) is 2.66. The first-order chi connectivity index (χ1) is 10.2. The summed E-state index contributed by atoms with van der Waals surface area (Å²) in [5.41, 5.74) is -6.14. The summed E-state index contributed by atoms with van der Waals surface area (Å²) in [6, 6.07) is 13.3. The van der Waals surface area contributed by atoms with E-state index in [1.54, 1.807) is 6.07 Å². The molecule has 0 heterocycles. The molecule has 4 nitrogen and oxygen atoms in total. The van der Waals surface area contributed by atoms with E-state index in [-0.39, 0.29) is 15.6 Å². The second-order valence-electron chi connectivity index (χ2n) is 4.22. The van der Waals surface area contributed by atoms with Crippen molar-refractivity contribution in [1.82, 2.24) is 0 Å². The fraction of sp³-hybridized carbons (Fsp3) is 0.0714. The topological polar surface area (TPSA) is 54.5 Å². The number of halogens is 3. The highest BCUT2D eigenvalue weighted by Gasteiger charge is 2.52. The van der Waals surface area contributed by atoms with Gasteiger partial charge in [0, 0.05) is 5.56 Å². The quantitative estimate of drug-likeness (QED) is 0.869. The Kier molecular flexibility index (Phi) is 4.23. The summed E-state index contributed by atoms with van der Waals surface area (Å²) in [6.07, 6.45) is 0. The van der Waals surface area contributed by atoms with Crippen LogP contribution in [0.1, 0.15) is 10.4 Å². The van der Waals surface area contributed by atoms with E-state index in [2.05, 4.69) is 0 Å². The van der Waals surface area contributed by atoms with Gasteiger partial charge in [-0.05, 0) is 24.3 Å². The van der Waals surface area contributed by atoms with Crippen molar-refractivity contribution in [2.45, 2.75) is 5.51 Å². The van der Waals surface area contributed by atoms with Crippen LogP contribution in [0.2, 0.25) is 0 Å². The lowest BCUT2D eigenvalue weighted by Gasteiger charge is -2.23. The number of hydrogen-bond acceptors (Lipinski definition) is 3. The number of nitrogens with zero attached hydrogens (tertiary/aromatic N) is 1. The third-order valence-corrected chi connectivity index (χ3v) is 4.17. The molecule has 2 rings (SSSR count). The van der Waals surface area contributed by atoms with Crippen LogP contribution in [0.25, 0.3) is 0 Å².